The second kappa shape index (κ2) is 8.08. The van der Waals surface area contributed by atoms with E-state index < -0.39 is 10.8 Å². The molecule has 0 saturated carbocycles. The highest BCUT2D eigenvalue weighted by Gasteiger charge is 2.17. The normalized spacial score (nSPS) is 10.7. The van der Waals surface area contributed by atoms with Crippen LogP contribution in [0.25, 0.3) is 10.8 Å². The number of carbonyl (C=O) groups excluding carboxylic acids is 1. The topological polar surface area (TPSA) is 94.6 Å². The van der Waals surface area contributed by atoms with Crippen molar-refractivity contribution in [3.05, 3.63) is 100.0 Å². The molecule has 0 aliphatic heterocycles. The lowest BCUT2D eigenvalue weighted by Crippen LogP contribution is -2.12. The van der Waals surface area contributed by atoms with Gasteiger partial charge in [0.2, 0.25) is 0 Å². The lowest BCUT2D eigenvalue weighted by molar-refractivity contribution is -0.385. The number of carbonyl (C=O) groups is 1. The molecule has 7 nitrogen and oxygen atoms in total. The van der Waals surface area contributed by atoms with E-state index in [0.29, 0.717) is 22.8 Å². The lowest BCUT2D eigenvalue weighted by atomic mass is 10.1. The standard InChI is InChI=1S/C23H18N2O5/c1-15-20(7-4-8-21(15)25(27)28)24-23(26)22-12-11-19(30-22)14-29-18-10-9-16-5-2-3-6-17(16)13-18/h2-13H,14H2,1H3,(H,24,26). The molecule has 0 aliphatic rings. The molecule has 0 aliphatic carbocycles. The van der Waals surface area contributed by atoms with E-state index >= 15 is 0 Å². The number of nitro groups is 1. The largest absolute Gasteiger partial charge is 0.486 e. The number of rotatable bonds is 6. The Morgan fingerprint density at radius 2 is 1.83 bits per heavy atom. The molecule has 0 bridgehead atoms. The van der Waals surface area contributed by atoms with E-state index in [0.717, 1.165) is 10.8 Å². The summed E-state index contributed by atoms with van der Waals surface area (Å²) < 4.78 is 11.3. The van der Waals surface area contributed by atoms with Crippen molar-refractivity contribution in [2.45, 2.75) is 13.5 Å². The average Bonchev–Trinajstić information content (AvgIpc) is 3.22. The van der Waals surface area contributed by atoms with Gasteiger partial charge in [0.05, 0.1) is 16.2 Å². The van der Waals surface area contributed by atoms with Crippen LogP contribution in [0.4, 0.5) is 11.4 Å². The smallest absolute Gasteiger partial charge is 0.291 e. The number of nitrogens with zero attached hydrogens (tertiary/aromatic N) is 1. The van der Waals surface area contributed by atoms with Gasteiger partial charge in [0, 0.05) is 6.07 Å². The number of furan rings is 1. The van der Waals surface area contributed by atoms with Crippen molar-refractivity contribution in [1.29, 1.82) is 0 Å². The first kappa shape index (κ1) is 19.2. The summed E-state index contributed by atoms with van der Waals surface area (Å²) in [6, 6.07) is 21.5. The maximum atomic E-state index is 12.5. The lowest BCUT2D eigenvalue weighted by Gasteiger charge is -2.07. The molecule has 0 spiro atoms. The number of anilines is 1. The van der Waals surface area contributed by atoms with Crippen LogP contribution in [0.1, 0.15) is 21.9 Å². The van der Waals surface area contributed by atoms with Gasteiger partial charge in [-0.2, -0.15) is 0 Å². The monoisotopic (exact) mass is 402 g/mol. The Labute approximate surface area is 172 Å². The van der Waals surface area contributed by atoms with Crippen LogP contribution in [0.5, 0.6) is 5.75 Å². The zero-order chi connectivity index (χ0) is 21.1. The highest BCUT2D eigenvalue weighted by molar-refractivity contribution is 6.03. The predicted molar refractivity (Wildman–Crippen MR) is 113 cm³/mol. The highest BCUT2D eigenvalue weighted by Crippen LogP contribution is 2.26. The Kier molecular flexibility index (Phi) is 5.17. The first-order chi connectivity index (χ1) is 14.5. The van der Waals surface area contributed by atoms with Gasteiger partial charge in [0.1, 0.15) is 18.1 Å². The summed E-state index contributed by atoms with van der Waals surface area (Å²) in [4.78, 5) is 23.0. The first-order valence-corrected chi connectivity index (χ1v) is 9.27. The molecule has 150 valence electrons. The van der Waals surface area contributed by atoms with Crippen molar-refractivity contribution in [3.8, 4) is 5.75 Å². The molecule has 0 fully saturated rings. The van der Waals surface area contributed by atoms with Gasteiger partial charge in [-0.3, -0.25) is 14.9 Å². The van der Waals surface area contributed by atoms with E-state index in [9.17, 15) is 14.9 Å². The van der Waals surface area contributed by atoms with Gasteiger partial charge in [-0.15, -0.1) is 0 Å². The SMILES string of the molecule is Cc1c(NC(=O)c2ccc(COc3ccc4ccccc4c3)o2)cccc1[N+](=O)[O-]. The third-order valence-electron chi connectivity index (χ3n) is 4.74. The van der Waals surface area contributed by atoms with Crippen LogP contribution < -0.4 is 10.1 Å². The zero-order valence-corrected chi connectivity index (χ0v) is 16.1. The summed E-state index contributed by atoms with van der Waals surface area (Å²) in [5, 5.41) is 15.9. The van der Waals surface area contributed by atoms with Crippen LogP contribution in [0, 0.1) is 17.0 Å². The summed E-state index contributed by atoms with van der Waals surface area (Å²) in [5.41, 5.74) is 0.679. The Bertz CT molecular complexity index is 1250. The van der Waals surface area contributed by atoms with Crippen LogP contribution in [0.3, 0.4) is 0 Å². The summed E-state index contributed by atoms with van der Waals surface area (Å²) in [6.07, 6.45) is 0. The number of nitrogens with one attached hydrogen (secondary N) is 1. The Morgan fingerprint density at radius 1 is 1.03 bits per heavy atom. The molecule has 4 rings (SSSR count). The summed E-state index contributed by atoms with van der Waals surface area (Å²) in [6.45, 7) is 1.75. The zero-order valence-electron chi connectivity index (χ0n) is 16.1. The van der Waals surface area contributed by atoms with E-state index in [-0.39, 0.29) is 18.1 Å². The number of hydrogen-bond donors (Lipinski definition) is 1. The average molecular weight is 402 g/mol. The molecule has 3 aromatic carbocycles. The van der Waals surface area contributed by atoms with Crippen molar-refractivity contribution in [3.63, 3.8) is 0 Å². The van der Waals surface area contributed by atoms with Gasteiger partial charge < -0.3 is 14.5 Å². The molecular formula is C23H18N2O5. The molecule has 0 atom stereocenters. The second-order valence-corrected chi connectivity index (χ2v) is 6.72. The fourth-order valence-corrected chi connectivity index (χ4v) is 3.13. The molecule has 1 N–H and O–H groups in total. The minimum atomic E-state index is -0.490. The van der Waals surface area contributed by atoms with Crippen LogP contribution in [-0.4, -0.2) is 10.8 Å². The van der Waals surface area contributed by atoms with Crippen LogP contribution >= 0.6 is 0 Å². The van der Waals surface area contributed by atoms with E-state index in [1.54, 1.807) is 25.1 Å². The van der Waals surface area contributed by atoms with Crippen molar-refractivity contribution in [1.82, 2.24) is 0 Å². The molecule has 4 aromatic rings. The third kappa shape index (κ3) is 4.00. The molecule has 0 radical (unpaired) electrons. The Hall–Kier alpha value is -4.13. The number of nitro benzene ring substituents is 1. The van der Waals surface area contributed by atoms with Gasteiger partial charge in [-0.1, -0.05) is 36.4 Å². The van der Waals surface area contributed by atoms with Crippen molar-refractivity contribution in [2.75, 3.05) is 5.32 Å². The van der Waals surface area contributed by atoms with Crippen LogP contribution in [0.2, 0.25) is 0 Å². The maximum absolute atomic E-state index is 12.5. The highest BCUT2D eigenvalue weighted by atomic mass is 16.6. The molecule has 1 aromatic heterocycles. The predicted octanol–water partition coefficient (Wildman–Crippen LogP) is 5.48. The van der Waals surface area contributed by atoms with Crippen molar-refractivity contribution < 1.29 is 18.9 Å². The van der Waals surface area contributed by atoms with Gasteiger partial charge in [0.15, 0.2) is 5.76 Å². The van der Waals surface area contributed by atoms with E-state index in [4.69, 9.17) is 9.15 Å². The summed E-state index contributed by atoms with van der Waals surface area (Å²) >= 11 is 0. The van der Waals surface area contributed by atoms with E-state index in [2.05, 4.69) is 5.32 Å². The second-order valence-electron chi connectivity index (χ2n) is 6.72. The molecule has 1 heterocycles. The van der Waals surface area contributed by atoms with Crippen LogP contribution in [0.15, 0.2) is 77.2 Å². The minimum Gasteiger partial charge on any atom is -0.486 e. The van der Waals surface area contributed by atoms with Crippen molar-refractivity contribution in [2.24, 2.45) is 0 Å². The van der Waals surface area contributed by atoms with E-state index in [1.165, 1.54) is 12.1 Å². The number of benzene rings is 3. The molecule has 7 heteroatoms. The van der Waals surface area contributed by atoms with Gasteiger partial charge in [-0.25, -0.2) is 0 Å². The first-order valence-electron chi connectivity index (χ1n) is 9.27. The van der Waals surface area contributed by atoms with Crippen molar-refractivity contribution >= 4 is 28.1 Å². The molecule has 30 heavy (non-hydrogen) atoms. The summed E-state index contributed by atoms with van der Waals surface area (Å²) in [7, 11) is 0. The number of fused-ring (bicyclic) bond motifs is 1. The third-order valence-corrected chi connectivity index (χ3v) is 4.74. The fraction of sp³-hybridized carbons (Fsp3) is 0.0870. The Morgan fingerprint density at radius 3 is 2.63 bits per heavy atom. The number of ether oxygens (including phenoxy) is 1. The Balaban J connectivity index is 1.42. The van der Waals surface area contributed by atoms with Gasteiger partial charge >= 0.3 is 0 Å². The summed E-state index contributed by atoms with van der Waals surface area (Å²) in [5.74, 6) is 0.793. The number of amides is 1. The molecule has 1 amide bonds. The van der Waals surface area contributed by atoms with Crippen LogP contribution in [-0.2, 0) is 6.61 Å². The molecular weight excluding hydrogens is 384 g/mol. The molecule has 0 saturated heterocycles. The van der Waals surface area contributed by atoms with Gasteiger partial charge in [-0.05, 0) is 48.0 Å². The quantitative estimate of drug-likeness (QED) is 0.340. The fourth-order valence-electron chi connectivity index (χ4n) is 3.13. The minimum absolute atomic E-state index is 0.0586. The van der Waals surface area contributed by atoms with Gasteiger partial charge in [0.25, 0.3) is 11.6 Å². The van der Waals surface area contributed by atoms with E-state index in [1.807, 2.05) is 42.5 Å². The number of hydrogen-bond acceptors (Lipinski definition) is 5. The molecule has 0 unspecified atom stereocenters. The maximum Gasteiger partial charge on any atom is 0.291 e.